The average molecular weight is 353 g/mol. The van der Waals surface area contributed by atoms with Gasteiger partial charge in [-0.3, -0.25) is 10.1 Å². The summed E-state index contributed by atoms with van der Waals surface area (Å²) >= 11 is 0. The zero-order valence-corrected chi connectivity index (χ0v) is 14.7. The quantitative estimate of drug-likeness (QED) is 0.307. The minimum atomic E-state index is -0.359. The van der Waals surface area contributed by atoms with E-state index in [0.717, 1.165) is 5.56 Å². The summed E-state index contributed by atoms with van der Waals surface area (Å²) in [4.78, 5) is 10.4. The molecule has 4 aromatic rings. The van der Waals surface area contributed by atoms with E-state index in [2.05, 4.69) is 48.5 Å². The second-order valence-electron chi connectivity index (χ2n) is 5.87. The number of nitro benzene ring substituents is 1. The molecule has 0 aromatic heterocycles. The predicted octanol–water partition coefficient (Wildman–Crippen LogP) is 6.62. The van der Waals surface area contributed by atoms with Crippen LogP contribution in [0.25, 0.3) is 22.3 Å². The monoisotopic (exact) mass is 353 g/mol. The lowest BCUT2D eigenvalue weighted by atomic mass is 10.0. The lowest BCUT2D eigenvalue weighted by molar-refractivity contribution is -0.384. The average Bonchev–Trinajstić information content (AvgIpc) is 2.76. The number of hydrogen-bond acceptors (Lipinski definition) is 2. The van der Waals surface area contributed by atoms with Crippen molar-refractivity contribution in [1.29, 1.82) is 0 Å². The summed E-state index contributed by atoms with van der Waals surface area (Å²) in [7, 11) is 0. The molecule has 4 aromatic carbocycles. The van der Waals surface area contributed by atoms with Gasteiger partial charge in [0.15, 0.2) is 0 Å². The van der Waals surface area contributed by atoms with E-state index in [1.807, 2.05) is 42.5 Å². The van der Waals surface area contributed by atoms with Crippen LogP contribution < -0.4 is 0 Å². The molecular weight excluding hydrogens is 334 g/mol. The minimum Gasteiger partial charge on any atom is -0.258 e. The van der Waals surface area contributed by atoms with Crippen molar-refractivity contribution in [2.45, 2.75) is 0 Å². The second kappa shape index (κ2) is 9.11. The van der Waals surface area contributed by atoms with Crippen molar-refractivity contribution in [2.24, 2.45) is 0 Å². The molecule has 0 atom stereocenters. The van der Waals surface area contributed by atoms with Crippen molar-refractivity contribution in [3.63, 3.8) is 0 Å². The van der Waals surface area contributed by atoms with E-state index in [-0.39, 0.29) is 10.6 Å². The summed E-state index contributed by atoms with van der Waals surface area (Å²) in [5.41, 5.74) is 4.22. The maximum absolute atomic E-state index is 10.8. The number of hydrogen-bond donors (Lipinski definition) is 0. The molecule has 0 amide bonds. The van der Waals surface area contributed by atoms with Crippen LogP contribution in [-0.4, -0.2) is 4.92 Å². The normalized spacial score (nSPS) is 9.78. The van der Waals surface area contributed by atoms with Gasteiger partial charge in [0.2, 0.25) is 0 Å². The Morgan fingerprint density at radius 3 is 1.30 bits per heavy atom. The van der Waals surface area contributed by atoms with Gasteiger partial charge in [-0.1, -0.05) is 103 Å². The van der Waals surface area contributed by atoms with Gasteiger partial charge in [0, 0.05) is 6.07 Å². The second-order valence-corrected chi connectivity index (χ2v) is 5.87. The number of para-hydroxylation sites is 1. The molecule has 0 spiro atoms. The van der Waals surface area contributed by atoms with E-state index in [0.29, 0.717) is 5.56 Å². The standard InChI is InChI=1S/C12H9NO2.C12H10/c14-13(15)12-9-5-4-8-11(12)10-6-2-1-3-7-10;1-3-7-11(8-4-1)12-9-5-2-6-10-12/h1-9H;1-10H. The summed E-state index contributed by atoms with van der Waals surface area (Å²) in [6, 6.07) is 36.9. The molecule has 0 aliphatic heterocycles. The first-order chi connectivity index (χ1) is 13.3. The highest BCUT2D eigenvalue weighted by molar-refractivity contribution is 5.73. The third kappa shape index (κ3) is 4.89. The molecule has 0 bridgehead atoms. The van der Waals surface area contributed by atoms with Crippen molar-refractivity contribution < 1.29 is 4.92 Å². The molecule has 4 rings (SSSR count). The van der Waals surface area contributed by atoms with Crippen molar-refractivity contribution in [3.05, 3.63) is 125 Å². The van der Waals surface area contributed by atoms with Crippen LogP contribution in [0.3, 0.4) is 0 Å². The van der Waals surface area contributed by atoms with Gasteiger partial charge in [-0.2, -0.15) is 0 Å². The Bertz CT molecular complexity index is 947. The predicted molar refractivity (Wildman–Crippen MR) is 110 cm³/mol. The van der Waals surface area contributed by atoms with Crippen LogP contribution in [0.4, 0.5) is 5.69 Å². The Labute approximate surface area is 158 Å². The molecule has 0 heterocycles. The Kier molecular flexibility index (Phi) is 6.10. The molecule has 0 fully saturated rings. The lowest BCUT2D eigenvalue weighted by Crippen LogP contribution is -1.90. The van der Waals surface area contributed by atoms with Crippen LogP contribution in [0.15, 0.2) is 115 Å². The Morgan fingerprint density at radius 2 is 0.852 bits per heavy atom. The largest absolute Gasteiger partial charge is 0.277 e. The lowest BCUT2D eigenvalue weighted by Gasteiger charge is -2.01. The van der Waals surface area contributed by atoms with E-state index in [1.165, 1.54) is 17.2 Å². The van der Waals surface area contributed by atoms with Gasteiger partial charge < -0.3 is 0 Å². The van der Waals surface area contributed by atoms with Gasteiger partial charge in [-0.25, -0.2) is 0 Å². The molecule has 27 heavy (non-hydrogen) atoms. The Hall–Kier alpha value is -3.72. The molecule has 3 nitrogen and oxygen atoms in total. The first-order valence-electron chi connectivity index (χ1n) is 8.65. The molecule has 0 saturated heterocycles. The summed E-state index contributed by atoms with van der Waals surface area (Å²) in [6.45, 7) is 0. The molecular formula is C24H19NO2. The molecule has 3 heteroatoms. The molecule has 0 unspecified atom stereocenters. The number of nitrogens with zero attached hydrogens (tertiary/aromatic N) is 1. The van der Waals surface area contributed by atoms with Gasteiger partial charge in [0.25, 0.3) is 5.69 Å². The first kappa shape index (κ1) is 18.1. The molecule has 0 N–H and O–H groups in total. The highest BCUT2D eigenvalue weighted by Gasteiger charge is 2.12. The van der Waals surface area contributed by atoms with Crippen molar-refractivity contribution in [1.82, 2.24) is 0 Å². The zero-order chi connectivity index (χ0) is 18.9. The highest BCUT2D eigenvalue weighted by atomic mass is 16.6. The van der Waals surface area contributed by atoms with E-state index in [4.69, 9.17) is 0 Å². The van der Waals surface area contributed by atoms with Gasteiger partial charge in [0.1, 0.15) is 0 Å². The number of nitro groups is 1. The molecule has 0 aliphatic carbocycles. The fraction of sp³-hybridized carbons (Fsp3) is 0. The summed E-state index contributed by atoms with van der Waals surface area (Å²) < 4.78 is 0. The number of benzene rings is 4. The van der Waals surface area contributed by atoms with Crippen LogP contribution in [0, 0.1) is 10.1 Å². The summed E-state index contributed by atoms with van der Waals surface area (Å²) in [6.07, 6.45) is 0. The van der Waals surface area contributed by atoms with Crippen LogP contribution in [0.5, 0.6) is 0 Å². The topological polar surface area (TPSA) is 43.1 Å². The van der Waals surface area contributed by atoms with E-state index in [9.17, 15) is 10.1 Å². The van der Waals surface area contributed by atoms with Crippen molar-refractivity contribution in [3.8, 4) is 22.3 Å². The smallest absolute Gasteiger partial charge is 0.258 e. The van der Waals surface area contributed by atoms with Crippen LogP contribution in [0.1, 0.15) is 0 Å². The van der Waals surface area contributed by atoms with E-state index in [1.54, 1.807) is 18.2 Å². The van der Waals surface area contributed by atoms with Crippen LogP contribution in [-0.2, 0) is 0 Å². The van der Waals surface area contributed by atoms with Gasteiger partial charge in [0.05, 0.1) is 10.5 Å². The summed E-state index contributed by atoms with van der Waals surface area (Å²) in [5, 5.41) is 10.8. The van der Waals surface area contributed by atoms with Gasteiger partial charge >= 0.3 is 0 Å². The fourth-order valence-electron chi connectivity index (χ4n) is 2.76. The molecule has 0 saturated carbocycles. The molecule has 132 valence electrons. The van der Waals surface area contributed by atoms with Gasteiger partial charge in [-0.15, -0.1) is 0 Å². The van der Waals surface area contributed by atoms with Crippen molar-refractivity contribution in [2.75, 3.05) is 0 Å². The van der Waals surface area contributed by atoms with Crippen LogP contribution >= 0.6 is 0 Å². The Morgan fingerprint density at radius 1 is 0.481 bits per heavy atom. The third-order valence-electron chi connectivity index (χ3n) is 4.07. The maximum Gasteiger partial charge on any atom is 0.277 e. The Balaban J connectivity index is 0.000000159. The fourth-order valence-corrected chi connectivity index (χ4v) is 2.76. The maximum atomic E-state index is 10.8. The molecule has 0 radical (unpaired) electrons. The van der Waals surface area contributed by atoms with E-state index < -0.39 is 0 Å². The third-order valence-corrected chi connectivity index (χ3v) is 4.07. The number of rotatable bonds is 3. The highest BCUT2D eigenvalue weighted by Crippen LogP contribution is 2.28. The summed E-state index contributed by atoms with van der Waals surface area (Å²) in [5.74, 6) is 0. The zero-order valence-electron chi connectivity index (χ0n) is 14.7. The SMILES string of the molecule is O=[N+]([O-])c1ccccc1-c1ccccc1.c1ccc(-c2ccccc2)cc1. The van der Waals surface area contributed by atoms with Crippen LogP contribution in [0.2, 0.25) is 0 Å². The minimum absolute atomic E-state index is 0.142. The van der Waals surface area contributed by atoms with Gasteiger partial charge in [-0.05, 0) is 22.8 Å². The first-order valence-corrected chi connectivity index (χ1v) is 8.65. The van der Waals surface area contributed by atoms with Crippen molar-refractivity contribution >= 4 is 5.69 Å². The van der Waals surface area contributed by atoms with E-state index >= 15 is 0 Å². The molecule has 0 aliphatic rings.